The minimum absolute atomic E-state index is 0.635. The van der Waals surface area contributed by atoms with Crippen LogP contribution in [0.15, 0.2) is 43.0 Å². The molecule has 1 heteroatoms. The summed E-state index contributed by atoms with van der Waals surface area (Å²) in [4.78, 5) is 0. The van der Waals surface area contributed by atoms with E-state index in [1.165, 1.54) is 16.1 Å². The van der Waals surface area contributed by atoms with E-state index in [1.54, 1.807) is 0 Å². The van der Waals surface area contributed by atoms with Crippen molar-refractivity contribution in [2.24, 2.45) is 11.8 Å². The third kappa shape index (κ3) is 5.01. The van der Waals surface area contributed by atoms with Gasteiger partial charge < -0.3 is 0 Å². The molecule has 0 saturated heterocycles. The lowest BCUT2D eigenvalue weighted by molar-refractivity contribution is 0.683. The zero-order chi connectivity index (χ0) is 13.5. The van der Waals surface area contributed by atoms with Gasteiger partial charge in [-0.2, -0.15) is 0 Å². The van der Waals surface area contributed by atoms with Crippen LogP contribution in [-0.4, -0.2) is 14.1 Å². The summed E-state index contributed by atoms with van der Waals surface area (Å²) < 4.78 is 0.635. The fraction of sp³-hybridized carbons (Fsp3) is 0.529. The van der Waals surface area contributed by atoms with Gasteiger partial charge in [-0.05, 0) is 4.78 Å². The van der Waals surface area contributed by atoms with Gasteiger partial charge in [0.2, 0.25) is 0 Å². The van der Waals surface area contributed by atoms with Crippen LogP contribution < -0.4 is 0 Å². The summed E-state index contributed by atoms with van der Waals surface area (Å²) in [5, 5.41) is 2.84. The second-order valence-corrected chi connectivity index (χ2v) is 9.37. The normalized spacial score (nSPS) is 12.8. The third-order valence-electron chi connectivity index (χ3n) is 3.49. The summed E-state index contributed by atoms with van der Waals surface area (Å²) in [7, 11) is 0. The second-order valence-electron chi connectivity index (χ2n) is 6.19. The van der Waals surface area contributed by atoms with Crippen molar-refractivity contribution in [1.82, 2.24) is 0 Å². The summed E-state index contributed by atoms with van der Waals surface area (Å²) >= 11 is -0.809. The van der Waals surface area contributed by atoms with Crippen molar-refractivity contribution in [1.29, 1.82) is 0 Å². The molecule has 0 bridgehead atoms. The standard InChI is InChI=1S/C9H9.2C4H9.Al/c1-2-6-9-7-4-3-5-8-9;2*1-4(2)3;/h2-8H,1H2;2*4H,1H2,2-3H3;. The van der Waals surface area contributed by atoms with Gasteiger partial charge in [0.1, 0.15) is 0 Å². The van der Waals surface area contributed by atoms with Crippen molar-refractivity contribution in [2.45, 2.75) is 43.0 Å². The van der Waals surface area contributed by atoms with Gasteiger partial charge >= 0.3 is 0 Å². The van der Waals surface area contributed by atoms with E-state index in [0.29, 0.717) is 4.78 Å². The molecule has 0 aliphatic heterocycles. The van der Waals surface area contributed by atoms with Crippen molar-refractivity contribution in [2.75, 3.05) is 0 Å². The lowest BCUT2D eigenvalue weighted by atomic mass is 10.1. The molecule has 1 aromatic rings. The fourth-order valence-electron chi connectivity index (χ4n) is 2.88. The number of allylic oxidation sites excluding steroid dienone is 1. The van der Waals surface area contributed by atoms with Crippen molar-refractivity contribution >= 4 is 14.1 Å². The molecule has 0 saturated carbocycles. The van der Waals surface area contributed by atoms with E-state index in [1.807, 2.05) is 0 Å². The Morgan fingerprint density at radius 2 is 1.50 bits per heavy atom. The van der Waals surface area contributed by atoms with Crippen LogP contribution in [-0.2, 0) is 0 Å². The Labute approximate surface area is 118 Å². The van der Waals surface area contributed by atoms with Gasteiger partial charge in [-0.25, -0.2) is 0 Å². The Hall–Kier alpha value is -0.508. The smallest absolute Gasteiger partial charge is 0.104 e. The molecule has 18 heavy (non-hydrogen) atoms. The summed E-state index contributed by atoms with van der Waals surface area (Å²) in [6.45, 7) is 13.5. The highest BCUT2D eigenvalue weighted by Crippen LogP contribution is 2.29. The number of hydrogen-bond donors (Lipinski definition) is 0. The zero-order valence-electron chi connectivity index (χ0n) is 12.4. The molecule has 0 aliphatic carbocycles. The zero-order valence-corrected chi connectivity index (χ0v) is 13.5. The Morgan fingerprint density at radius 1 is 1.00 bits per heavy atom. The summed E-state index contributed by atoms with van der Waals surface area (Å²) in [6, 6.07) is 11.0. The molecule has 0 radical (unpaired) electrons. The number of benzene rings is 1. The SMILES string of the molecule is C=C[CH](c1ccccc1)[Al]([CH2]C(C)C)[CH2]C(C)C. The molecule has 1 rings (SSSR count). The quantitative estimate of drug-likeness (QED) is 0.459. The van der Waals surface area contributed by atoms with Crippen molar-refractivity contribution in [3.8, 4) is 0 Å². The second kappa shape index (κ2) is 7.82. The molecule has 0 N–H and O–H groups in total. The molecule has 0 amide bonds. The molecule has 98 valence electrons. The summed E-state index contributed by atoms with van der Waals surface area (Å²) in [6.07, 6.45) is 2.21. The van der Waals surface area contributed by atoms with Crippen molar-refractivity contribution in [3.63, 3.8) is 0 Å². The van der Waals surface area contributed by atoms with E-state index in [2.05, 4.69) is 70.7 Å². The van der Waals surface area contributed by atoms with Crippen LogP contribution in [0.2, 0.25) is 10.6 Å². The Balaban J connectivity index is 2.89. The van der Waals surface area contributed by atoms with E-state index in [9.17, 15) is 0 Å². The maximum absolute atomic E-state index is 4.11. The highest BCUT2D eigenvalue weighted by molar-refractivity contribution is 6.61. The molecular formula is C17H27Al. The lowest BCUT2D eigenvalue weighted by Gasteiger charge is -2.24. The van der Waals surface area contributed by atoms with Gasteiger partial charge in [0.15, 0.2) is 0 Å². The summed E-state index contributed by atoms with van der Waals surface area (Å²) in [5.41, 5.74) is 1.48. The minimum Gasteiger partial charge on any atom is -0.104 e. The van der Waals surface area contributed by atoms with Crippen LogP contribution in [0.25, 0.3) is 0 Å². The molecule has 0 aromatic heterocycles. The lowest BCUT2D eigenvalue weighted by Crippen LogP contribution is -2.25. The molecular weight excluding hydrogens is 231 g/mol. The monoisotopic (exact) mass is 258 g/mol. The van der Waals surface area contributed by atoms with Crippen LogP contribution >= 0.6 is 0 Å². The van der Waals surface area contributed by atoms with E-state index >= 15 is 0 Å². The molecule has 0 nitrogen and oxygen atoms in total. The maximum atomic E-state index is 4.11. The Bertz CT molecular complexity index is 330. The summed E-state index contributed by atoms with van der Waals surface area (Å²) in [5.74, 6) is 1.62. The van der Waals surface area contributed by atoms with Crippen LogP contribution in [0, 0.1) is 11.8 Å². The van der Waals surface area contributed by atoms with E-state index < -0.39 is 14.1 Å². The van der Waals surface area contributed by atoms with Crippen molar-refractivity contribution < 1.29 is 0 Å². The van der Waals surface area contributed by atoms with Gasteiger partial charge in [-0.3, -0.25) is 0 Å². The number of rotatable bonds is 7. The van der Waals surface area contributed by atoms with Crippen LogP contribution in [0.4, 0.5) is 0 Å². The van der Waals surface area contributed by atoms with Crippen LogP contribution in [0.1, 0.15) is 38.0 Å². The van der Waals surface area contributed by atoms with Crippen molar-refractivity contribution in [3.05, 3.63) is 48.6 Å². The highest BCUT2D eigenvalue weighted by Gasteiger charge is 2.28. The molecule has 0 spiro atoms. The molecule has 1 unspecified atom stereocenters. The molecule has 1 aromatic carbocycles. The molecule has 0 aliphatic rings. The maximum Gasteiger partial charge on any atom is 0.277 e. The largest absolute Gasteiger partial charge is 0.277 e. The fourth-order valence-corrected chi connectivity index (χ4v) is 7.23. The predicted octanol–water partition coefficient (Wildman–Crippen LogP) is 5.30. The Kier molecular flexibility index (Phi) is 6.76. The first kappa shape index (κ1) is 15.5. The first-order chi connectivity index (χ1) is 8.54. The highest BCUT2D eigenvalue weighted by atomic mass is 27.2. The predicted molar refractivity (Wildman–Crippen MR) is 84.4 cm³/mol. The van der Waals surface area contributed by atoms with Gasteiger partial charge in [-0.1, -0.05) is 92.1 Å². The van der Waals surface area contributed by atoms with Gasteiger partial charge in [-0.15, -0.1) is 6.58 Å². The average Bonchev–Trinajstić information content (AvgIpc) is 2.29. The molecule has 0 heterocycles. The van der Waals surface area contributed by atoms with Gasteiger partial charge in [0.25, 0.3) is 14.1 Å². The van der Waals surface area contributed by atoms with E-state index in [0.717, 1.165) is 11.8 Å². The van der Waals surface area contributed by atoms with E-state index in [-0.39, 0.29) is 0 Å². The third-order valence-corrected chi connectivity index (χ3v) is 8.26. The average molecular weight is 258 g/mol. The Morgan fingerprint density at radius 3 is 1.89 bits per heavy atom. The topological polar surface area (TPSA) is 0 Å². The van der Waals surface area contributed by atoms with Gasteiger partial charge in [0, 0.05) is 0 Å². The number of hydrogen-bond acceptors (Lipinski definition) is 0. The molecule has 0 fully saturated rings. The van der Waals surface area contributed by atoms with Crippen LogP contribution in [0.5, 0.6) is 0 Å². The van der Waals surface area contributed by atoms with Gasteiger partial charge in [0.05, 0.1) is 0 Å². The first-order valence-electron chi connectivity index (χ1n) is 7.22. The molecule has 1 atom stereocenters. The van der Waals surface area contributed by atoms with Crippen LogP contribution in [0.3, 0.4) is 0 Å². The first-order valence-corrected chi connectivity index (χ1v) is 9.52. The van der Waals surface area contributed by atoms with E-state index in [4.69, 9.17) is 0 Å². The minimum atomic E-state index is -0.809.